The van der Waals surface area contributed by atoms with E-state index in [1.165, 1.54) is 6.07 Å². The fourth-order valence-corrected chi connectivity index (χ4v) is 3.04. The predicted octanol–water partition coefficient (Wildman–Crippen LogP) is 2.86. The summed E-state index contributed by atoms with van der Waals surface area (Å²) < 4.78 is 65.6. The Labute approximate surface area is 128 Å². The number of alkyl halides is 3. The van der Waals surface area contributed by atoms with Crippen molar-refractivity contribution in [2.75, 3.05) is 17.1 Å². The molecule has 21 heavy (non-hydrogen) atoms. The van der Waals surface area contributed by atoms with E-state index in [1.54, 1.807) is 0 Å². The second-order valence-electron chi connectivity index (χ2n) is 4.04. The van der Waals surface area contributed by atoms with Crippen molar-refractivity contribution >= 4 is 31.6 Å². The van der Waals surface area contributed by atoms with E-state index in [2.05, 4.69) is 25.4 Å². The molecule has 0 bridgehead atoms. The second-order valence-corrected chi connectivity index (χ2v) is 6.74. The number of sulfonamides is 1. The molecule has 0 atom stereocenters. The Morgan fingerprint density at radius 2 is 1.95 bits per heavy atom. The van der Waals surface area contributed by atoms with Crippen molar-refractivity contribution in [2.24, 2.45) is 0 Å². The molecule has 0 aliphatic heterocycles. The summed E-state index contributed by atoms with van der Waals surface area (Å²) in [6.45, 7) is -0.107. The molecule has 0 amide bonds. The van der Waals surface area contributed by atoms with Crippen LogP contribution < -0.4 is 9.46 Å². The summed E-state index contributed by atoms with van der Waals surface area (Å²) in [7, 11) is -3.62. The third-order valence-corrected chi connectivity index (χ3v) is 4.24. The highest BCUT2D eigenvalue weighted by molar-refractivity contribution is 9.10. The lowest BCUT2D eigenvalue weighted by atomic mass is 10.3. The molecule has 0 aliphatic rings. The van der Waals surface area contributed by atoms with Crippen LogP contribution in [0.1, 0.15) is 12.8 Å². The van der Waals surface area contributed by atoms with Gasteiger partial charge in [0.15, 0.2) is 0 Å². The van der Waals surface area contributed by atoms with Crippen molar-refractivity contribution in [3.63, 3.8) is 0 Å². The van der Waals surface area contributed by atoms with Gasteiger partial charge in [-0.3, -0.25) is 4.72 Å². The van der Waals surface area contributed by atoms with E-state index in [0.29, 0.717) is 6.42 Å². The van der Waals surface area contributed by atoms with E-state index in [4.69, 9.17) is 5.11 Å². The maximum absolute atomic E-state index is 12.1. The molecule has 2 N–H and O–H groups in total. The molecule has 0 saturated carbocycles. The Balaban J connectivity index is 2.75. The van der Waals surface area contributed by atoms with Crippen LogP contribution in [0.3, 0.4) is 0 Å². The lowest BCUT2D eigenvalue weighted by Gasteiger charge is -2.12. The van der Waals surface area contributed by atoms with Gasteiger partial charge in [-0.15, -0.1) is 13.2 Å². The quantitative estimate of drug-likeness (QED) is 0.700. The Bertz CT molecular complexity index is 577. The van der Waals surface area contributed by atoms with E-state index < -0.39 is 22.1 Å². The zero-order chi connectivity index (χ0) is 16.1. The van der Waals surface area contributed by atoms with E-state index in [1.807, 2.05) is 0 Å². The SMILES string of the molecule is O=S(=O)(CCCCO)Nc1ccc(OC(F)(F)F)c(Br)c1. The minimum absolute atomic E-state index is 0.0321. The molecule has 5 nitrogen and oxygen atoms in total. The molecule has 1 rings (SSSR count). The number of anilines is 1. The number of benzene rings is 1. The Morgan fingerprint density at radius 3 is 2.48 bits per heavy atom. The normalized spacial score (nSPS) is 12.2. The highest BCUT2D eigenvalue weighted by atomic mass is 79.9. The Morgan fingerprint density at radius 1 is 1.29 bits per heavy atom. The minimum atomic E-state index is -4.83. The van der Waals surface area contributed by atoms with Gasteiger partial charge in [0, 0.05) is 12.3 Å². The van der Waals surface area contributed by atoms with Gasteiger partial charge in [-0.25, -0.2) is 8.42 Å². The zero-order valence-corrected chi connectivity index (χ0v) is 13.1. The molecule has 0 aromatic heterocycles. The number of unbranched alkanes of at least 4 members (excludes halogenated alkanes) is 1. The molecular formula is C11H13BrF3NO4S. The van der Waals surface area contributed by atoms with Crippen molar-refractivity contribution < 1.29 is 31.4 Å². The number of ether oxygens (including phenoxy) is 1. The molecular weight excluding hydrogens is 379 g/mol. The summed E-state index contributed by atoms with van der Waals surface area (Å²) in [5, 5.41) is 8.59. The molecule has 1 aromatic carbocycles. The molecule has 120 valence electrons. The molecule has 0 fully saturated rings. The first-order valence-electron chi connectivity index (χ1n) is 5.79. The third-order valence-electron chi connectivity index (χ3n) is 2.25. The van der Waals surface area contributed by atoms with Crippen LogP contribution in [0.2, 0.25) is 0 Å². The van der Waals surface area contributed by atoms with Crippen molar-refractivity contribution in [2.45, 2.75) is 19.2 Å². The first-order chi connectivity index (χ1) is 9.63. The maximum Gasteiger partial charge on any atom is 0.573 e. The molecule has 10 heteroatoms. The first kappa shape index (κ1) is 18.1. The molecule has 0 saturated heterocycles. The molecule has 1 aromatic rings. The average Bonchev–Trinajstić information content (AvgIpc) is 2.31. The van der Waals surface area contributed by atoms with E-state index in [9.17, 15) is 21.6 Å². The lowest BCUT2D eigenvalue weighted by Crippen LogP contribution is -2.18. The fraction of sp³-hybridized carbons (Fsp3) is 0.455. The first-order valence-corrected chi connectivity index (χ1v) is 8.24. The zero-order valence-electron chi connectivity index (χ0n) is 10.7. The number of hydrogen-bond acceptors (Lipinski definition) is 4. The number of aliphatic hydroxyl groups is 1. The van der Waals surface area contributed by atoms with Crippen LogP contribution in [0.4, 0.5) is 18.9 Å². The summed E-state index contributed by atoms with van der Waals surface area (Å²) in [4.78, 5) is 0. The topological polar surface area (TPSA) is 75.6 Å². The van der Waals surface area contributed by atoms with Crippen molar-refractivity contribution in [3.8, 4) is 5.75 Å². The van der Waals surface area contributed by atoms with Gasteiger partial charge in [-0.2, -0.15) is 0 Å². The number of aliphatic hydroxyl groups excluding tert-OH is 1. The number of halogens is 4. The van der Waals surface area contributed by atoms with Gasteiger partial charge < -0.3 is 9.84 Å². The summed E-state index contributed by atoms with van der Waals surface area (Å²) in [5.41, 5.74) is 0.111. The van der Waals surface area contributed by atoms with Gasteiger partial charge >= 0.3 is 6.36 Å². The minimum Gasteiger partial charge on any atom is -0.405 e. The largest absolute Gasteiger partial charge is 0.573 e. The smallest absolute Gasteiger partial charge is 0.405 e. The van der Waals surface area contributed by atoms with Crippen LogP contribution in [0.15, 0.2) is 22.7 Å². The molecule has 0 radical (unpaired) electrons. The lowest BCUT2D eigenvalue weighted by molar-refractivity contribution is -0.274. The van der Waals surface area contributed by atoms with E-state index in [-0.39, 0.29) is 28.9 Å². The summed E-state index contributed by atoms with van der Waals surface area (Å²) in [6.07, 6.45) is -4.20. The van der Waals surface area contributed by atoms with Crippen molar-refractivity contribution in [1.82, 2.24) is 0 Å². The fourth-order valence-electron chi connectivity index (χ4n) is 1.41. The number of hydrogen-bond donors (Lipinski definition) is 2. The van der Waals surface area contributed by atoms with Crippen LogP contribution in [-0.2, 0) is 10.0 Å². The second kappa shape index (κ2) is 7.32. The monoisotopic (exact) mass is 391 g/mol. The molecule has 0 aliphatic carbocycles. The van der Waals surface area contributed by atoms with Gasteiger partial charge in [0.1, 0.15) is 5.75 Å². The van der Waals surface area contributed by atoms with E-state index >= 15 is 0 Å². The molecule has 0 heterocycles. The number of nitrogens with one attached hydrogen (secondary N) is 1. The highest BCUT2D eigenvalue weighted by Crippen LogP contribution is 2.32. The summed E-state index contributed by atoms with van der Waals surface area (Å²) >= 11 is 2.88. The van der Waals surface area contributed by atoms with Crippen LogP contribution in [-0.4, -0.2) is 32.2 Å². The average molecular weight is 392 g/mol. The summed E-state index contributed by atoms with van der Waals surface area (Å²) in [5.74, 6) is -0.655. The van der Waals surface area contributed by atoms with Gasteiger partial charge in [0.2, 0.25) is 10.0 Å². The van der Waals surface area contributed by atoms with Gasteiger partial charge in [-0.1, -0.05) is 0 Å². The highest BCUT2D eigenvalue weighted by Gasteiger charge is 2.32. The van der Waals surface area contributed by atoms with E-state index in [0.717, 1.165) is 12.1 Å². The third kappa shape index (κ3) is 7.00. The van der Waals surface area contributed by atoms with Crippen molar-refractivity contribution in [3.05, 3.63) is 22.7 Å². The Hall–Kier alpha value is -1.00. The molecule has 0 spiro atoms. The maximum atomic E-state index is 12.1. The summed E-state index contributed by atoms with van der Waals surface area (Å²) in [6, 6.07) is 3.34. The van der Waals surface area contributed by atoms with Crippen LogP contribution in [0.5, 0.6) is 5.75 Å². The Kier molecular flexibility index (Phi) is 6.29. The van der Waals surface area contributed by atoms with Crippen molar-refractivity contribution in [1.29, 1.82) is 0 Å². The molecule has 0 unspecified atom stereocenters. The van der Waals surface area contributed by atoms with Crippen LogP contribution in [0.25, 0.3) is 0 Å². The van der Waals surface area contributed by atoms with Gasteiger partial charge in [0.25, 0.3) is 0 Å². The standard InChI is InChI=1S/C11H13BrF3NO4S/c12-9-7-8(3-4-10(9)20-11(13,14)15)16-21(18,19)6-2-1-5-17/h3-4,7,16-17H,1-2,5-6H2. The van der Waals surface area contributed by atoms with Gasteiger partial charge in [-0.05, 0) is 47.0 Å². The van der Waals surface area contributed by atoms with Crippen LogP contribution >= 0.6 is 15.9 Å². The van der Waals surface area contributed by atoms with Crippen LogP contribution in [0, 0.1) is 0 Å². The van der Waals surface area contributed by atoms with Gasteiger partial charge in [0.05, 0.1) is 10.2 Å². The predicted molar refractivity (Wildman–Crippen MR) is 74.6 cm³/mol. The number of rotatable bonds is 7.